The summed E-state index contributed by atoms with van der Waals surface area (Å²) in [6, 6.07) is 0. The van der Waals surface area contributed by atoms with Gasteiger partial charge in [0.25, 0.3) is 0 Å². The first-order valence-electron chi connectivity index (χ1n) is 6.26. The van der Waals surface area contributed by atoms with Gasteiger partial charge in [0.05, 0.1) is 0 Å². The van der Waals surface area contributed by atoms with Crippen LogP contribution in [-0.2, 0) is 0 Å². The van der Waals surface area contributed by atoms with Crippen molar-refractivity contribution in [2.45, 2.75) is 59.4 Å². The van der Waals surface area contributed by atoms with Crippen LogP contribution < -0.4 is 0 Å². The van der Waals surface area contributed by atoms with E-state index in [-0.39, 0.29) is 59.4 Å². The number of rotatable bonds is 0. The van der Waals surface area contributed by atoms with Gasteiger partial charge in [-0.3, -0.25) is 0 Å². The van der Waals surface area contributed by atoms with Gasteiger partial charge in [-0.2, -0.15) is 0 Å². The third kappa shape index (κ3) is 21400. The Bertz CT molecular complexity index is 297. The first kappa shape index (κ1) is 78.7. The van der Waals surface area contributed by atoms with E-state index in [2.05, 4.69) is 0 Å². The quantitative estimate of drug-likeness (QED) is 0.242. The normalized spacial score (nSPS) is 8.43. The van der Waals surface area contributed by atoms with Gasteiger partial charge < -0.3 is 20.6 Å². The lowest BCUT2D eigenvalue weighted by Crippen LogP contribution is -1.59. The first-order valence-corrected chi connectivity index (χ1v) is 18.8. The molecule has 0 spiro atoms. The molecule has 0 aromatic rings. The number of nitrogens with one attached hydrogen (secondary N) is 4. The summed E-state index contributed by atoms with van der Waals surface area (Å²) < 4.78 is 0. The molecule has 0 aliphatic carbocycles. The molecule has 0 aromatic carbocycles. The molecule has 0 saturated heterocycles. The van der Waals surface area contributed by atoms with Gasteiger partial charge in [-0.05, 0) is 108 Å². The van der Waals surface area contributed by atoms with E-state index in [0.717, 1.165) is 0 Å². The molecule has 4 N–H and O–H groups in total. The highest BCUT2D eigenvalue weighted by molar-refractivity contribution is 7.63. The maximum Gasteiger partial charge on any atom is -0.0301 e. The molecule has 28 heavy (non-hydrogen) atoms. The molecular formula is C20H72N4P4. The minimum atomic E-state index is -1.14. The third-order valence-electron chi connectivity index (χ3n) is 0. The van der Waals surface area contributed by atoms with E-state index in [4.69, 9.17) is 20.6 Å². The molecule has 0 aromatic heterocycles. The van der Waals surface area contributed by atoms with Crippen LogP contribution in [0.3, 0.4) is 0 Å². The van der Waals surface area contributed by atoms with Crippen LogP contribution in [-0.4, -0.2) is 80.0 Å². The summed E-state index contributed by atoms with van der Waals surface area (Å²) in [6.07, 6.45) is 0. The molecule has 0 bridgehead atoms. The van der Waals surface area contributed by atoms with Crippen LogP contribution >= 0.6 is 28.2 Å². The maximum absolute atomic E-state index is 7.05. The van der Waals surface area contributed by atoms with E-state index in [0.29, 0.717) is 0 Å². The zero-order valence-corrected chi connectivity index (χ0v) is 19.4. The van der Waals surface area contributed by atoms with Gasteiger partial charge >= 0.3 is 0 Å². The highest BCUT2D eigenvalue weighted by Gasteiger charge is 1.83. The van der Waals surface area contributed by atoms with Crippen LogP contribution in [0.1, 0.15) is 59.4 Å². The molecule has 0 fully saturated rings. The molecule has 0 amide bonds. The molecule has 0 unspecified atom stereocenters. The Morgan fingerprint density at radius 1 is 0.250 bits per heavy atom. The van der Waals surface area contributed by atoms with Crippen molar-refractivity contribution in [1.82, 2.24) is 0 Å². The molecule has 0 radical (unpaired) electrons. The van der Waals surface area contributed by atoms with Crippen molar-refractivity contribution in [2.75, 3.05) is 80.0 Å². The monoisotopic (exact) mass is 492 g/mol. The van der Waals surface area contributed by atoms with Crippen molar-refractivity contribution in [3.05, 3.63) is 0 Å². The SMILES string of the molecule is C.C.C.C.C.C.C.C.CP(C)(C)=N.CP(C)(C)=N.CP(C)(C)=N.CP(C)(C)=N. The topological polar surface area (TPSA) is 95.4 Å². The predicted molar refractivity (Wildman–Crippen MR) is 163 cm³/mol. The van der Waals surface area contributed by atoms with Gasteiger partial charge in [-0.1, -0.05) is 59.4 Å². The minimum Gasteiger partial charge on any atom is -0.319 e. The van der Waals surface area contributed by atoms with Crippen molar-refractivity contribution in [2.24, 2.45) is 0 Å². The fourth-order valence-electron chi connectivity index (χ4n) is 0. The molecule has 0 aliphatic heterocycles. The Labute approximate surface area is 188 Å². The van der Waals surface area contributed by atoms with Gasteiger partial charge in [0.1, 0.15) is 0 Å². The van der Waals surface area contributed by atoms with Crippen molar-refractivity contribution in [3.8, 4) is 0 Å². The lowest BCUT2D eigenvalue weighted by molar-refractivity contribution is 1.58. The molecule has 0 rings (SSSR count). The highest BCUT2D eigenvalue weighted by atomic mass is 31.2. The Morgan fingerprint density at radius 3 is 0.250 bits per heavy atom. The summed E-state index contributed by atoms with van der Waals surface area (Å²) in [5.74, 6) is 0. The standard InChI is InChI=1S/4C3H10NP.8CH4/c4*1-5(2,3)4;;;;;;;;/h4*4H,1-3H3;8*1H4. The van der Waals surface area contributed by atoms with E-state index in [1.807, 2.05) is 80.0 Å². The number of hydrogen-bond acceptors (Lipinski definition) is 4. The van der Waals surface area contributed by atoms with Crippen LogP contribution in [0, 0.1) is 20.6 Å². The lowest BCUT2D eigenvalue weighted by atomic mass is 11.9. The fraction of sp³-hybridized carbons (Fsp3) is 1.00. The van der Waals surface area contributed by atoms with Crippen LogP contribution in [0.2, 0.25) is 0 Å². The molecule has 4 nitrogen and oxygen atoms in total. The molecular weight excluding hydrogens is 420 g/mol. The second-order valence-electron chi connectivity index (χ2n) is 8.05. The van der Waals surface area contributed by atoms with Crippen LogP contribution in [0.4, 0.5) is 0 Å². The van der Waals surface area contributed by atoms with Gasteiger partial charge in [0, 0.05) is 0 Å². The van der Waals surface area contributed by atoms with Crippen molar-refractivity contribution in [3.63, 3.8) is 0 Å². The molecule has 192 valence electrons. The lowest BCUT2D eigenvalue weighted by Gasteiger charge is -1.93. The van der Waals surface area contributed by atoms with Crippen molar-refractivity contribution >= 4 is 28.2 Å². The molecule has 0 aliphatic rings. The molecule has 0 saturated carbocycles. The van der Waals surface area contributed by atoms with Crippen LogP contribution in [0.25, 0.3) is 0 Å². The van der Waals surface area contributed by atoms with E-state index in [1.165, 1.54) is 0 Å². The molecule has 0 heterocycles. The summed E-state index contributed by atoms with van der Waals surface area (Å²) in [6.45, 7) is 23.6. The fourth-order valence-corrected chi connectivity index (χ4v) is 0. The van der Waals surface area contributed by atoms with Crippen LogP contribution in [0.15, 0.2) is 0 Å². The number of hydrogen-bond donors (Lipinski definition) is 4. The average Bonchev–Trinajstić information content (AvgIpc) is 1.62. The van der Waals surface area contributed by atoms with Crippen LogP contribution in [0.5, 0.6) is 0 Å². The Hall–Kier alpha value is 0.920. The zero-order valence-electron chi connectivity index (χ0n) is 15.8. The van der Waals surface area contributed by atoms with E-state index in [1.54, 1.807) is 0 Å². The van der Waals surface area contributed by atoms with Gasteiger partial charge in [0.2, 0.25) is 0 Å². The van der Waals surface area contributed by atoms with Crippen molar-refractivity contribution < 1.29 is 0 Å². The van der Waals surface area contributed by atoms with E-state index in [9.17, 15) is 0 Å². The first-order chi connectivity index (χ1) is 8.00. The summed E-state index contributed by atoms with van der Waals surface area (Å²) in [4.78, 5) is 0. The summed E-state index contributed by atoms with van der Waals surface area (Å²) >= 11 is 0. The second-order valence-corrected chi connectivity index (χ2v) is 24.1. The Balaban J connectivity index is -0.0000000111. The largest absolute Gasteiger partial charge is 0.319 e. The second kappa shape index (κ2) is 32.6. The smallest absolute Gasteiger partial charge is 0.0301 e. The predicted octanol–water partition coefficient (Wildman–Crippen LogP) is 11.7. The Morgan fingerprint density at radius 2 is 0.250 bits per heavy atom. The average molecular weight is 493 g/mol. The van der Waals surface area contributed by atoms with Crippen molar-refractivity contribution in [1.29, 1.82) is 20.6 Å². The zero-order chi connectivity index (χ0) is 18.0. The summed E-state index contributed by atoms with van der Waals surface area (Å²) in [5, 5.41) is 28.2. The molecule has 8 heteroatoms. The third-order valence-corrected chi connectivity index (χ3v) is 0. The van der Waals surface area contributed by atoms with Gasteiger partial charge in [-0.15, -0.1) is 0 Å². The maximum atomic E-state index is 7.05. The van der Waals surface area contributed by atoms with E-state index < -0.39 is 28.2 Å². The summed E-state index contributed by atoms with van der Waals surface area (Å²) in [7, 11) is -4.56. The molecule has 0 atom stereocenters. The van der Waals surface area contributed by atoms with Gasteiger partial charge in [-0.25, -0.2) is 0 Å². The van der Waals surface area contributed by atoms with Gasteiger partial charge in [0.15, 0.2) is 0 Å². The van der Waals surface area contributed by atoms with E-state index >= 15 is 0 Å². The Kier molecular flexibility index (Phi) is 91.6. The minimum absolute atomic E-state index is 0. The summed E-state index contributed by atoms with van der Waals surface area (Å²) in [5.41, 5.74) is 0. The highest BCUT2D eigenvalue weighted by Crippen LogP contribution is 2.30.